The maximum atomic E-state index is 13.1. The number of Topliss-reactive ketones (excluding diaryl/α,β-unsaturated/α-hetero) is 1. The number of sulfonamides is 1. The van der Waals surface area contributed by atoms with Crippen LogP contribution in [0.3, 0.4) is 0 Å². The van der Waals surface area contributed by atoms with Gasteiger partial charge in [0.1, 0.15) is 4.90 Å². The van der Waals surface area contributed by atoms with Gasteiger partial charge in [-0.2, -0.15) is 0 Å². The molecule has 0 aliphatic heterocycles. The van der Waals surface area contributed by atoms with Crippen LogP contribution in [0.4, 0.5) is 0 Å². The molecule has 4 rings (SSSR count). The fraction of sp³-hybridized carbons (Fsp3) is 0.273. The molecule has 1 aromatic heterocycles. The van der Waals surface area contributed by atoms with Crippen LogP contribution in [0, 0.1) is 0 Å². The van der Waals surface area contributed by atoms with E-state index in [4.69, 9.17) is 23.2 Å². The quantitative estimate of drug-likeness (QED) is 0.328. The molecule has 0 unspecified atom stereocenters. The van der Waals surface area contributed by atoms with Gasteiger partial charge in [0.15, 0.2) is 0 Å². The number of H-pyrrole nitrogens is 1. The van der Waals surface area contributed by atoms with Gasteiger partial charge in [0.2, 0.25) is 10.0 Å². The maximum Gasteiger partial charge on any atom is 0.377 e. The van der Waals surface area contributed by atoms with Gasteiger partial charge in [0.05, 0.1) is 26.8 Å². The lowest BCUT2D eigenvalue weighted by atomic mass is 9.96. The Hall–Kier alpha value is -2.39. The van der Waals surface area contributed by atoms with Crippen molar-refractivity contribution in [2.75, 3.05) is 0 Å². The third-order valence-electron chi connectivity index (χ3n) is 5.64. The Morgan fingerprint density at radius 1 is 1.03 bits per heavy atom. The lowest BCUT2D eigenvalue weighted by Crippen LogP contribution is -2.36. The number of carboxylic acids is 1. The minimum absolute atomic E-state index is 0.0253. The van der Waals surface area contributed by atoms with Crippen molar-refractivity contribution in [1.29, 1.82) is 0 Å². The number of nitrogens with one attached hydrogen (secondary N) is 2. The zero-order valence-corrected chi connectivity index (χ0v) is 19.1. The van der Waals surface area contributed by atoms with E-state index in [1.165, 1.54) is 18.2 Å². The Morgan fingerprint density at radius 3 is 2.44 bits per heavy atom. The number of para-hydroxylation sites is 1. The van der Waals surface area contributed by atoms with E-state index >= 15 is 0 Å². The molecule has 1 aliphatic carbocycles. The number of aromatic amines is 1. The highest BCUT2D eigenvalue weighted by Crippen LogP contribution is 2.36. The first-order valence-electron chi connectivity index (χ1n) is 10.1. The zero-order chi connectivity index (χ0) is 23.0. The van der Waals surface area contributed by atoms with Gasteiger partial charge in [-0.1, -0.05) is 60.7 Å². The summed E-state index contributed by atoms with van der Waals surface area (Å²) in [5.41, 5.74) is 0.746. The van der Waals surface area contributed by atoms with Crippen LogP contribution in [0.5, 0.6) is 0 Å². The SMILES string of the molecule is O=C(O)C(=O)c1c(-c2ccc(Cl)c(S(=O)(=O)NC3CCCCC3)c2)[nH]c2c(Cl)cccc12. The second-order valence-corrected chi connectivity index (χ2v) is 10.3. The van der Waals surface area contributed by atoms with Crippen LogP contribution < -0.4 is 4.72 Å². The van der Waals surface area contributed by atoms with Gasteiger partial charge in [-0.15, -0.1) is 0 Å². The van der Waals surface area contributed by atoms with E-state index in [9.17, 15) is 23.1 Å². The van der Waals surface area contributed by atoms with Gasteiger partial charge in [-0.05, 0) is 31.0 Å². The summed E-state index contributed by atoms with van der Waals surface area (Å²) >= 11 is 12.5. The smallest absolute Gasteiger partial charge is 0.377 e. The fourth-order valence-electron chi connectivity index (χ4n) is 4.11. The molecule has 32 heavy (non-hydrogen) atoms. The van der Waals surface area contributed by atoms with Crippen LogP contribution in [0.15, 0.2) is 41.3 Å². The van der Waals surface area contributed by atoms with Gasteiger partial charge in [0.25, 0.3) is 5.78 Å². The summed E-state index contributed by atoms with van der Waals surface area (Å²) in [4.78, 5) is 26.9. The van der Waals surface area contributed by atoms with Crippen molar-refractivity contribution in [3.63, 3.8) is 0 Å². The summed E-state index contributed by atoms with van der Waals surface area (Å²) in [5, 5.41) is 10.00. The molecule has 0 bridgehead atoms. The average molecular weight is 495 g/mol. The molecule has 0 saturated heterocycles. The first kappa shape index (κ1) is 22.8. The van der Waals surface area contributed by atoms with E-state index in [-0.39, 0.29) is 27.2 Å². The van der Waals surface area contributed by atoms with E-state index in [1.54, 1.807) is 18.2 Å². The molecule has 1 aliphatic rings. The highest BCUT2D eigenvalue weighted by Gasteiger charge is 2.28. The van der Waals surface area contributed by atoms with Crippen molar-refractivity contribution < 1.29 is 23.1 Å². The molecule has 1 heterocycles. The summed E-state index contributed by atoms with van der Waals surface area (Å²) in [6.07, 6.45) is 4.51. The molecule has 3 N–H and O–H groups in total. The van der Waals surface area contributed by atoms with Gasteiger partial charge in [0, 0.05) is 17.0 Å². The van der Waals surface area contributed by atoms with Gasteiger partial charge >= 0.3 is 5.97 Å². The van der Waals surface area contributed by atoms with E-state index < -0.39 is 21.8 Å². The number of carbonyl (C=O) groups is 2. The predicted octanol–water partition coefficient (Wildman–Crippen LogP) is 5.02. The van der Waals surface area contributed by atoms with Crippen molar-refractivity contribution in [2.45, 2.75) is 43.0 Å². The predicted molar refractivity (Wildman–Crippen MR) is 123 cm³/mol. The zero-order valence-electron chi connectivity index (χ0n) is 16.8. The molecule has 1 fully saturated rings. The Bertz CT molecular complexity index is 1330. The Balaban J connectivity index is 1.85. The topological polar surface area (TPSA) is 116 Å². The Morgan fingerprint density at radius 2 is 1.75 bits per heavy atom. The number of carbonyl (C=O) groups excluding carboxylic acids is 1. The van der Waals surface area contributed by atoms with E-state index in [0.717, 1.165) is 32.1 Å². The molecule has 10 heteroatoms. The molecule has 168 valence electrons. The molecule has 0 spiro atoms. The van der Waals surface area contributed by atoms with Crippen LogP contribution in [0.2, 0.25) is 10.0 Å². The van der Waals surface area contributed by atoms with Crippen LogP contribution in [-0.2, 0) is 14.8 Å². The van der Waals surface area contributed by atoms with Crippen LogP contribution in [-0.4, -0.2) is 36.3 Å². The van der Waals surface area contributed by atoms with E-state index in [1.807, 2.05) is 0 Å². The lowest BCUT2D eigenvalue weighted by molar-refractivity contribution is -0.131. The highest BCUT2D eigenvalue weighted by atomic mass is 35.5. The molecule has 1 saturated carbocycles. The first-order chi connectivity index (χ1) is 15.2. The lowest BCUT2D eigenvalue weighted by Gasteiger charge is -2.23. The summed E-state index contributed by atoms with van der Waals surface area (Å²) in [6, 6.07) is 8.90. The standard InChI is InChI=1S/C22H20Cl2N2O5S/c23-15-10-9-12(11-17(15)32(30,31)26-13-5-2-1-3-6-13)19-18(21(27)22(28)29)14-7-4-8-16(24)20(14)25-19/h4,7-11,13,25-26H,1-3,5-6H2,(H,28,29). The number of fused-ring (bicyclic) bond motifs is 1. The average Bonchev–Trinajstić information content (AvgIpc) is 3.14. The number of ketones is 1. The van der Waals surface area contributed by atoms with Crippen LogP contribution >= 0.6 is 23.2 Å². The summed E-state index contributed by atoms with van der Waals surface area (Å²) in [5.74, 6) is -2.76. The van der Waals surface area contributed by atoms with Gasteiger partial charge < -0.3 is 10.1 Å². The minimum atomic E-state index is -3.93. The molecule has 3 aromatic rings. The molecule has 7 nitrogen and oxygen atoms in total. The second-order valence-electron chi connectivity index (χ2n) is 7.77. The third-order valence-corrected chi connectivity index (χ3v) is 7.96. The monoisotopic (exact) mass is 494 g/mol. The van der Waals surface area contributed by atoms with E-state index in [0.29, 0.717) is 21.5 Å². The van der Waals surface area contributed by atoms with Gasteiger partial charge in [-0.25, -0.2) is 17.9 Å². The summed E-state index contributed by atoms with van der Waals surface area (Å²) < 4.78 is 28.9. The van der Waals surface area contributed by atoms with Crippen LogP contribution in [0.25, 0.3) is 22.2 Å². The maximum absolute atomic E-state index is 13.1. The highest BCUT2D eigenvalue weighted by molar-refractivity contribution is 7.89. The van der Waals surface area contributed by atoms with Crippen LogP contribution in [0.1, 0.15) is 42.5 Å². The number of rotatable bonds is 6. The van der Waals surface area contributed by atoms with Crippen molar-refractivity contribution in [1.82, 2.24) is 9.71 Å². The summed E-state index contributed by atoms with van der Waals surface area (Å²) in [6.45, 7) is 0. The number of aliphatic carboxylic acids is 1. The molecule has 0 radical (unpaired) electrons. The number of hydrogen-bond donors (Lipinski definition) is 3. The number of benzene rings is 2. The number of carboxylic acid groups (broad SMARTS) is 1. The van der Waals surface area contributed by atoms with Crippen molar-refractivity contribution in [2.24, 2.45) is 0 Å². The Labute approximate surface area is 194 Å². The van der Waals surface area contributed by atoms with Crippen molar-refractivity contribution >= 4 is 55.9 Å². The second kappa shape index (κ2) is 8.86. The fourth-order valence-corrected chi connectivity index (χ4v) is 6.16. The van der Waals surface area contributed by atoms with E-state index in [2.05, 4.69) is 9.71 Å². The first-order valence-corrected chi connectivity index (χ1v) is 12.3. The molecule has 2 aromatic carbocycles. The normalized spacial score (nSPS) is 15.2. The number of hydrogen-bond acceptors (Lipinski definition) is 4. The number of aromatic nitrogens is 1. The third kappa shape index (κ3) is 4.28. The number of halogens is 2. The van der Waals surface area contributed by atoms with Crippen molar-refractivity contribution in [3.05, 3.63) is 52.0 Å². The Kier molecular flexibility index (Phi) is 6.31. The molecule has 0 amide bonds. The molecular formula is C22H20Cl2N2O5S. The van der Waals surface area contributed by atoms with Gasteiger partial charge in [-0.3, -0.25) is 4.79 Å². The minimum Gasteiger partial charge on any atom is -0.475 e. The largest absolute Gasteiger partial charge is 0.475 e. The molecular weight excluding hydrogens is 475 g/mol. The summed E-state index contributed by atoms with van der Waals surface area (Å²) in [7, 11) is -3.93. The van der Waals surface area contributed by atoms with Crippen molar-refractivity contribution in [3.8, 4) is 11.3 Å². The molecule has 0 atom stereocenters.